The van der Waals surface area contributed by atoms with Crippen molar-refractivity contribution >= 4 is 77.8 Å². The van der Waals surface area contributed by atoms with Crippen molar-refractivity contribution in [1.82, 2.24) is 42.1 Å². The van der Waals surface area contributed by atoms with Crippen molar-refractivity contribution < 1.29 is 63.3 Å². The normalized spacial score (nSPS) is 16.8. The lowest BCUT2D eigenvalue weighted by molar-refractivity contribution is -0.142. The summed E-state index contributed by atoms with van der Waals surface area (Å²) in [6, 6.07) is -10.5. The summed E-state index contributed by atoms with van der Waals surface area (Å²) in [4.78, 5) is 135. The molecule has 1 saturated heterocycles. The summed E-state index contributed by atoms with van der Waals surface area (Å²) in [7, 11) is 0. The summed E-state index contributed by atoms with van der Waals surface area (Å²) in [6.45, 7) is 2.71. The van der Waals surface area contributed by atoms with Gasteiger partial charge in [0.1, 0.15) is 42.3 Å². The van der Waals surface area contributed by atoms with E-state index in [4.69, 9.17) is 33.8 Å². The number of nitrogens with one attached hydrogen (secondary N) is 7. The Hall–Kier alpha value is -5.84. The first-order valence-electron chi connectivity index (χ1n) is 22.4. The minimum Gasteiger partial charge on any atom is -0.481 e. The number of unbranched alkanes of at least 4 members (excludes halogenated alkanes) is 2. The number of thiol groups is 1. The Morgan fingerprint density at radius 3 is 1.66 bits per heavy atom. The van der Waals surface area contributed by atoms with Gasteiger partial charge in [-0.15, -0.1) is 0 Å². The summed E-state index contributed by atoms with van der Waals surface area (Å²) in [5.74, 6) is -9.98. The summed E-state index contributed by atoms with van der Waals surface area (Å²) in [5.41, 5.74) is 28.0. The molecule has 27 nitrogen and oxygen atoms in total. The number of aliphatic hydroxyl groups is 1. The van der Waals surface area contributed by atoms with E-state index < -0.39 is 133 Å². The van der Waals surface area contributed by atoms with Gasteiger partial charge in [0.15, 0.2) is 5.96 Å². The van der Waals surface area contributed by atoms with Gasteiger partial charge >= 0.3 is 11.9 Å². The predicted octanol–water partition coefficient (Wildman–Crippen LogP) is -6.08. The zero-order chi connectivity index (χ0) is 51.5. The van der Waals surface area contributed by atoms with Gasteiger partial charge in [-0.1, -0.05) is 0 Å². The monoisotopic (exact) mass is 989 g/mol. The Labute approximate surface area is 399 Å². The zero-order valence-electron chi connectivity index (χ0n) is 38.6. The van der Waals surface area contributed by atoms with Crippen LogP contribution in [0.2, 0.25) is 0 Å². The highest BCUT2D eigenvalue weighted by Crippen LogP contribution is 2.19. The molecule has 20 N–H and O–H groups in total. The van der Waals surface area contributed by atoms with Gasteiger partial charge in [0.05, 0.1) is 18.7 Å². The molecular weight excluding hydrogens is 917 g/mol. The molecule has 0 aromatic carbocycles. The summed E-state index contributed by atoms with van der Waals surface area (Å²) in [6.07, 6.45) is -0.197. The Morgan fingerprint density at radius 2 is 1.19 bits per heavy atom. The molecule has 1 rings (SSSR count). The van der Waals surface area contributed by atoms with E-state index in [1.54, 1.807) is 0 Å². The standard InChI is InChI=1S/C40H72N14O13S/c1-21(43)38(65)54-18-8-12-28(54)36(63)53-31(22(2)55)37(64)51-24(10-4-6-16-42)33(60)50-25(11-7-17-46-40(44)45)34(61)49-23(9-3-5-15-41)32(59)47-19-29(56)48-26(13-14-30(57)58)35(62)52-27(20-68)39(66)67/h21-28,31,55,68H,3-20,41-43H2,1-2H3,(H,47,59)(H,48,56)(H,49,61)(H,50,60)(H,51,64)(H,52,62)(H,53,63)(H,57,58)(H,66,67)(H4,44,45,46)/t21-,22+,23-,24-,25-,26-,27-,28-,31-/m0/s1. The van der Waals surface area contributed by atoms with Crippen LogP contribution in [0.5, 0.6) is 0 Å². The molecule has 0 aromatic rings. The lowest BCUT2D eigenvalue weighted by Gasteiger charge is -2.29. The largest absolute Gasteiger partial charge is 0.481 e. The highest BCUT2D eigenvalue weighted by Gasteiger charge is 2.39. The van der Waals surface area contributed by atoms with Crippen molar-refractivity contribution in [2.75, 3.05) is 38.5 Å². The zero-order valence-corrected chi connectivity index (χ0v) is 39.5. The number of hydrogen-bond donors (Lipinski definition) is 16. The summed E-state index contributed by atoms with van der Waals surface area (Å²) < 4.78 is 0. The number of carboxylic acids is 2. The first-order valence-corrected chi connectivity index (χ1v) is 23.1. The molecular formula is C40H72N14O13S. The number of aliphatic imine (C=N–C) groups is 1. The average molecular weight is 989 g/mol. The fourth-order valence-electron chi connectivity index (χ4n) is 6.85. The molecule has 0 aliphatic carbocycles. The van der Waals surface area contributed by atoms with Gasteiger partial charge in [-0.05, 0) is 97.6 Å². The first-order chi connectivity index (χ1) is 32.1. The van der Waals surface area contributed by atoms with E-state index in [1.165, 1.54) is 18.7 Å². The number of rotatable bonds is 33. The van der Waals surface area contributed by atoms with Crippen LogP contribution in [0.25, 0.3) is 0 Å². The van der Waals surface area contributed by atoms with E-state index in [-0.39, 0.29) is 70.0 Å². The molecule has 0 unspecified atom stereocenters. The van der Waals surface area contributed by atoms with Crippen LogP contribution < -0.4 is 65.9 Å². The highest BCUT2D eigenvalue weighted by molar-refractivity contribution is 7.80. The van der Waals surface area contributed by atoms with Crippen LogP contribution in [-0.2, 0) is 47.9 Å². The molecule has 0 bridgehead atoms. The van der Waals surface area contributed by atoms with Crippen LogP contribution in [0.1, 0.15) is 90.9 Å². The number of likely N-dealkylation sites (tertiary alicyclic amines) is 1. The van der Waals surface area contributed by atoms with E-state index in [0.29, 0.717) is 32.1 Å². The van der Waals surface area contributed by atoms with Crippen molar-refractivity contribution in [3.8, 4) is 0 Å². The molecule has 8 amide bonds. The Bertz CT molecular complexity index is 1750. The fraction of sp³-hybridized carbons (Fsp3) is 0.725. The van der Waals surface area contributed by atoms with Crippen molar-refractivity contribution in [1.29, 1.82) is 0 Å². The topological polar surface area (TPSA) is 461 Å². The second-order valence-electron chi connectivity index (χ2n) is 16.3. The van der Waals surface area contributed by atoms with Gasteiger partial charge in [-0.3, -0.25) is 48.1 Å². The van der Waals surface area contributed by atoms with Crippen molar-refractivity contribution in [3.63, 3.8) is 0 Å². The number of aliphatic carboxylic acids is 2. The minimum atomic E-state index is -1.58. The van der Waals surface area contributed by atoms with Gasteiger partial charge in [0.25, 0.3) is 0 Å². The number of amides is 8. The second kappa shape index (κ2) is 32.0. The highest BCUT2D eigenvalue weighted by atomic mass is 32.1. The third-order valence-electron chi connectivity index (χ3n) is 10.5. The van der Waals surface area contributed by atoms with Crippen molar-refractivity contribution in [2.24, 2.45) is 33.7 Å². The molecule has 386 valence electrons. The van der Waals surface area contributed by atoms with Gasteiger partial charge in [-0.25, -0.2) is 4.79 Å². The van der Waals surface area contributed by atoms with Crippen LogP contribution in [-0.4, -0.2) is 178 Å². The molecule has 1 aliphatic heterocycles. The van der Waals surface area contributed by atoms with E-state index in [1.807, 2.05) is 0 Å². The number of nitrogens with two attached hydrogens (primary N) is 5. The number of carboxylic acid groups (broad SMARTS) is 2. The van der Waals surface area contributed by atoms with Crippen molar-refractivity contribution in [2.45, 2.75) is 145 Å². The summed E-state index contributed by atoms with van der Waals surface area (Å²) >= 11 is 3.87. The number of guanidine groups is 1. The number of carbonyl (C=O) groups excluding carboxylic acids is 8. The molecule has 0 radical (unpaired) electrons. The van der Waals surface area contributed by atoms with Gasteiger partial charge in [0.2, 0.25) is 47.3 Å². The van der Waals surface area contributed by atoms with E-state index in [0.717, 1.165) is 0 Å². The average Bonchev–Trinajstić information content (AvgIpc) is 3.77. The van der Waals surface area contributed by atoms with E-state index in [2.05, 4.69) is 54.8 Å². The Morgan fingerprint density at radius 1 is 0.691 bits per heavy atom. The lowest BCUT2D eigenvalue weighted by Crippen LogP contribution is -2.61. The van der Waals surface area contributed by atoms with Crippen LogP contribution >= 0.6 is 12.6 Å². The maximum absolute atomic E-state index is 14.0. The van der Waals surface area contributed by atoms with E-state index in [9.17, 15) is 58.2 Å². The van der Waals surface area contributed by atoms with Crippen molar-refractivity contribution in [3.05, 3.63) is 0 Å². The van der Waals surface area contributed by atoms with Gasteiger partial charge < -0.3 is 86.1 Å². The molecule has 0 aromatic heterocycles. The smallest absolute Gasteiger partial charge is 0.327 e. The van der Waals surface area contributed by atoms with Crippen LogP contribution in [0, 0.1) is 0 Å². The van der Waals surface area contributed by atoms with Gasteiger partial charge in [0, 0.05) is 25.3 Å². The molecule has 9 atom stereocenters. The van der Waals surface area contributed by atoms with Gasteiger partial charge in [-0.2, -0.15) is 12.6 Å². The Balaban J connectivity index is 3.35. The molecule has 1 heterocycles. The molecule has 1 aliphatic rings. The molecule has 68 heavy (non-hydrogen) atoms. The number of aliphatic hydroxyl groups excluding tert-OH is 1. The maximum atomic E-state index is 14.0. The molecule has 0 spiro atoms. The van der Waals surface area contributed by atoms with Crippen LogP contribution in [0.3, 0.4) is 0 Å². The third kappa shape index (κ3) is 22.3. The molecule has 0 saturated carbocycles. The third-order valence-corrected chi connectivity index (χ3v) is 10.9. The maximum Gasteiger partial charge on any atom is 0.327 e. The van der Waals surface area contributed by atoms with Crippen LogP contribution in [0.4, 0.5) is 0 Å². The number of hydrogen-bond acceptors (Lipinski definition) is 16. The van der Waals surface area contributed by atoms with E-state index >= 15 is 0 Å². The molecule has 1 fully saturated rings. The fourth-order valence-corrected chi connectivity index (χ4v) is 7.10. The lowest BCUT2D eigenvalue weighted by atomic mass is 10.0. The predicted molar refractivity (Wildman–Crippen MR) is 249 cm³/mol. The molecule has 28 heteroatoms. The SMILES string of the molecule is C[C@H](N)C(=O)N1CCC[C@H]1C(=O)N[C@H](C(=O)N[C@@H](CCCCN)C(=O)N[C@@H](CCCN=C(N)N)C(=O)N[C@@H](CCCCN)C(=O)NCC(=O)N[C@@H](CCC(=O)O)C(=O)N[C@@H](CS)C(=O)O)[C@@H](C)O. The first kappa shape index (κ1) is 60.2. The number of nitrogens with zero attached hydrogens (tertiary/aromatic N) is 2. The second-order valence-corrected chi connectivity index (χ2v) is 16.6. The van der Waals surface area contributed by atoms with Crippen LogP contribution in [0.15, 0.2) is 4.99 Å². The minimum absolute atomic E-state index is 0.00272. The quantitative estimate of drug-likeness (QED) is 0.0126. The Kier molecular flexibility index (Phi) is 28.3. The summed E-state index contributed by atoms with van der Waals surface area (Å²) in [5, 5.41) is 46.1. The number of carbonyl (C=O) groups is 10.